The quantitative estimate of drug-likeness (QED) is 0.0708. The molecule has 5 amide bonds. The molecule has 0 aromatic rings. The van der Waals surface area contributed by atoms with Crippen molar-refractivity contribution < 1.29 is 33.9 Å². The summed E-state index contributed by atoms with van der Waals surface area (Å²) in [6, 6.07) is -5.08. The summed E-state index contributed by atoms with van der Waals surface area (Å²) in [5.41, 5.74) is 21.2. The van der Waals surface area contributed by atoms with Crippen molar-refractivity contribution in [2.75, 3.05) is 12.3 Å². The van der Waals surface area contributed by atoms with Crippen LogP contribution >= 0.6 is 12.6 Å². The third-order valence-corrected chi connectivity index (χ3v) is 4.84. The normalized spacial score (nSPS) is 14.3. The van der Waals surface area contributed by atoms with E-state index in [1.54, 1.807) is 0 Å². The maximum Gasteiger partial charge on any atom is 0.326 e. The molecule has 0 spiro atoms. The van der Waals surface area contributed by atoms with Crippen LogP contribution in [0.3, 0.4) is 0 Å². The average molecular weight is 492 g/mol. The number of amides is 5. The van der Waals surface area contributed by atoms with Crippen molar-refractivity contribution >= 4 is 48.1 Å². The highest BCUT2D eigenvalue weighted by molar-refractivity contribution is 7.80. The van der Waals surface area contributed by atoms with Gasteiger partial charge in [0.25, 0.3) is 0 Å². The minimum Gasteiger partial charge on any atom is -0.480 e. The second kappa shape index (κ2) is 15.8. The average Bonchev–Trinajstić information content (AvgIpc) is 2.73. The highest BCUT2D eigenvalue weighted by Gasteiger charge is 2.30. The number of carbonyl (C=O) groups is 6. The maximum atomic E-state index is 12.8. The highest BCUT2D eigenvalue weighted by Crippen LogP contribution is 2.06. The summed E-state index contributed by atoms with van der Waals surface area (Å²) in [7, 11) is 0. The number of carboxylic acids is 1. The molecule has 14 nitrogen and oxygen atoms in total. The van der Waals surface area contributed by atoms with Gasteiger partial charge in [-0.3, -0.25) is 24.0 Å². The van der Waals surface area contributed by atoms with Crippen molar-refractivity contribution in [2.24, 2.45) is 22.9 Å². The van der Waals surface area contributed by atoms with E-state index >= 15 is 0 Å². The van der Waals surface area contributed by atoms with Crippen LogP contribution in [0.15, 0.2) is 0 Å². The fourth-order valence-electron chi connectivity index (χ4n) is 2.62. The lowest BCUT2D eigenvalue weighted by atomic mass is 10.0. The Hall–Kier alpha value is -2.91. The number of hydrogen-bond donors (Lipinski definition) is 9. The van der Waals surface area contributed by atoms with E-state index in [0.29, 0.717) is 19.4 Å². The molecule has 0 saturated carbocycles. The summed E-state index contributed by atoms with van der Waals surface area (Å²) < 4.78 is 0. The first-order valence-electron chi connectivity index (χ1n) is 10.2. The number of unbranched alkanes of at least 4 members (excludes halogenated alkanes) is 1. The molecular formula is C18H33N7O7S. The minimum atomic E-state index is -1.59. The Morgan fingerprint density at radius 1 is 0.788 bits per heavy atom. The van der Waals surface area contributed by atoms with Crippen molar-refractivity contribution in [3.8, 4) is 0 Å². The third kappa shape index (κ3) is 12.6. The summed E-state index contributed by atoms with van der Waals surface area (Å²) in [5.74, 6) is -5.54. The number of thiol groups is 1. The molecule has 0 heterocycles. The Balaban J connectivity index is 5.53. The van der Waals surface area contributed by atoms with Gasteiger partial charge in [0.15, 0.2) is 0 Å². The fourth-order valence-corrected chi connectivity index (χ4v) is 2.79. The molecule has 0 aliphatic rings. The van der Waals surface area contributed by atoms with E-state index in [-0.39, 0.29) is 25.0 Å². The van der Waals surface area contributed by atoms with Crippen LogP contribution in [-0.2, 0) is 28.8 Å². The van der Waals surface area contributed by atoms with Crippen LogP contribution in [0, 0.1) is 0 Å². The predicted molar refractivity (Wildman–Crippen MR) is 120 cm³/mol. The van der Waals surface area contributed by atoms with Crippen molar-refractivity contribution in [3.63, 3.8) is 0 Å². The molecule has 0 aliphatic heterocycles. The molecule has 0 aromatic carbocycles. The van der Waals surface area contributed by atoms with E-state index in [9.17, 15) is 33.9 Å². The van der Waals surface area contributed by atoms with Crippen LogP contribution in [0.5, 0.6) is 0 Å². The standard InChI is InChI=1S/C18H33N7O7S/c19-6-2-1-3-10(16(29)25-12(18(31)32)7-14(22)27)24-17(30)11(4-5-13(21)26)23-15(28)9(20)8-33/h9-12,33H,1-8,19-20H2,(H2,21,26)(H2,22,27)(H,23,28)(H,24,30)(H,25,29)(H,31,32). The molecular weight excluding hydrogens is 458 g/mol. The highest BCUT2D eigenvalue weighted by atomic mass is 32.1. The minimum absolute atomic E-state index is 0.00342. The number of carboxylic acid groups (broad SMARTS) is 1. The molecule has 33 heavy (non-hydrogen) atoms. The monoisotopic (exact) mass is 491 g/mol. The zero-order valence-electron chi connectivity index (χ0n) is 18.1. The number of primary amides is 2. The largest absolute Gasteiger partial charge is 0.480 e. The van der Waals surface area contributed by atoms with E-state index in [1.807, 2.05) is 0 Å². The van der Waals surface area contributed by atoms with E-state index in [2.05, 4.69) is 28.6 Å². The van der Waals surface area contributed by atoms with Crippen LogP contribution in [-0.4, -0.2) is 77.1 Å². The van der Waals surface area contributed by atoms with Crippen LogP contribution < -0.4 is 38.9 Å². The summed E-state index contributed by atoms with van der Waals surface area (Å²) in [4.78, 5) is 71.1. The van der Waals surface area contributed by atoms with Gasteiger partial charge in [-0.05, 0) is 32.2 Å². The first-order valence-corrected chi connectivity index (χ1v) is 10.8. The van der Waals surface area contributed by atoms with Crippen molar-refractivity contribution in [3.05, 3.63) is 0 Å². The molecule has 0 rings (SSSR count). The topological polar surface area (TPSA) is 263 Å². The van der Waals surface area contributed by atoms with Gasteiger partial charge in [0, 0.05) is 12.2 Å². The number of carbonyl (C=O) groups excluding carboxylic acids is 5. The number of nitrogens with one attached hydrogen (secondary N) is 3. The molecule has 12 N–H and O–H groups in total. The molecule has 0 fully saturated rings. The molecule has 0 aromatic heterocycles. The van der Waals surface area contributed by atoms with Gasteiger partial charge in [0.2, 0.25) is 29.5 Å². The predicted octanol–water partition coefficient (Wildman–Crippen LogP) is -3.95. The molecule has 4 unspecified atom stereocenters. The summed E-state index contributed by atoms with van der Waals surface area (Å²) >= 11 is 3.91. The van der Waals surface area contributed by atoms with Crippen LogP contribution in [0.2, 0.25) is 0 Å². The second-order valence-corrected chi connectivity index (χ2v) is 7.64. The SMILES string of the molecule is NCCCCC(NC(=O)C(CCC(N)=O)NC(=O)C(N)CS)C(=O)NC(CC(N)=O)C(=O)O. The Morgan fingerprint density at radius 2 is 1.30 bits per heavy atom. The number of hydrogen-bond acceptors (Lipinski definition) is 9. The first-order chi connectivity index (χ1) is 15.4. The first kappa shape index (κ1) is 30.1. The molecule has 15 heteroatoms. The summed E-state index contributed by atoms with van der Waals surface area (Å²) in [6.45, 7) is 0.320. The molecule has 0 aliphatic carbocycles. The van der Waals surface area contributed by atoms with Crippen molar-refractivity contribution in [2.45, 2.75) is 62.7 Å². The fraction of sp³-hybridized carbons (Fsp3) is 0.667. The van der Waals surface area contributed by atoms with Gasteiger partial charge in [0.1, 0.15) is 18.1 Å². The van der Waals surface area contributed by atoms with Crippen molar-refractivity contribution in [1.82, 2.24) is 16.0 Å². The summed E-state index contributed by atoms with van der Waals surface area (Å²) in [5, 5.41) is 16.2. The lowest BCUT2D eigenvalue weighted by molar-refractivity contribution is -0.143. The molecule has 188 valence electrons. The zero-order chi connectivity index (χ0) is 25.6. The second-order valence-electron chi connectivity index (χ2n) is 7.27. The van der Waals surface area contributed by atoms with Gasteiger partial charge in [-0.25, -0.2) is 4.79 Å². The Bertz CT molecular complexity index is 722. The van der Waals surface area contributed by atoms with Gasteiger partial charge in [-0.15, -0.1) is 0 Å². The van der Waals surface area contributed by atoms with E-state index in [1.165, 1.54) is 0 Å². The van der Waals surface area contributed by atoms with Crippen LogP contribution in [0.1, 0.15) is 38.5 Å². The zero-order valence-corrected chi connectivity index (χ0v) is 19.0. The molecule has 4 atom stereocenters. The lowest BCUT2D eigenvalue weighted by Crippen LogP contribution is -2.57. The Kier molecular flexibility index (Phi) is 14.4. The molecule has 0 saturated heterocycles. The number of rotatable bonds is 17. The smallest absolute Gasteiger partial charge is 0.326 e. The van der Waals surface area contributed by atoms with Crippen LogP contribution in [0.4, 0.5) is 0 Å². The Morgan fingerprint density at radius 3 is 1.76 bits per heavy atom. The van der Waals surface area contributed by atoms with Gasteiger partial charge in [-0.1, -0.05) is 0 Å². The summed E-state index contributed by atoms with van der Waals surface area (Å²) in [6.07, 6.45) is -0.0397. The van der Waals surface area contributed by atoms with Gasteiger partial charge in [0.05, 0.1) is 12.5 Å². The van der Waals surface area contributed by atoms with Crippen molar-refractivity contribution in [1.29, 1.82) is 0 Å². The molecule has 0 radical (unpaired) electrons. The van der Waals surface area contributed by atoms with E-state index in [4.69, 9.17) is 22.9 Å². The van der Waals surface area contributed by atoms with Gasteiger partial charge >= 0.3 is 5.97 Å². The number of aliphatic carboxylic acids is 1. The Labute approximate surface area is 196 Å². The van der Waals surface area contributed by atoms with Gasteiger partial charge < -0.3 is 44.0 Å². The van der Waals surface area contributed by atoms with Crippen LogP contribution in [0.25, 0.3) is 0 Å². The molecule has 0 bridgehead atoms. The lowest BCUT2D eigenvalue weighted by Gasteiger charge is -2.25. The number of nitrogens with two attached hydrogens (primary N) is 4. The third-order valence-electron chi connectivity index (χ3n) is 4.45. The van der Waals surface area contributed by atoms with Gasteiger partial charge in [-0.2, -0.15) is 12.6 Å². The maximum absolute atomic E-state index is 12.8. The van der Waals surface area contributed by atoms with E-state index in [0.717, 1.165) is 0 Å². The van der Waals surface area contributed by atoms with E-state index < -0.39 is 66.1 Å².